The molecule has 0 atom stereocenters. The second kappa shape index (κ2) is 16.1. The number of likely N-dealkylation sites (N-methyl/N-ethyl adjacent to an activating group) is 2. The fourth-order valence-corrected chi connectivity index (χ4v) is 2.67. The van der Waals surface area contributed by atoms with Crippen molar-refractivity contribution in [2.24, 2.45) is 0 Å². The summed E-state index contributed by atoms with van der Waals surface area (Å²) in [5.74, 6) is -0.739. The molecule has 1 saturated heterocycles. The highest BCUT2D eigenvalue weighted by atomic mass is 16.4. The van der Waals surface area contributed by atoms with E-state index in [9.17, 15) is 4.79 Å². The van der Waals surface area contributed by atoms with Crippen LogP contribution in [-0.4, -0.2) is 122 Å². The zero-order chi connectivity index (χ0) is 22.2. The lowest BCUT2D eigenvalue weighted by Crippen LogP contribution is -2.50. The van der Waals surface area contributed by atoms with Crippen LogP contribution in [0.15, 0.2) is 0 Å². The molecule has 10 heteroatoms. The topological polar surface area (TPSA) is 119 Å². The summed E-state index contributed by atoms with van der Waals surface area (Å²) in [6.07, 6.45) is 0.500. The van der Waals surface area contributed by atoms with Gasteiger partial charge in [-0.2, -0.15) is 19.2 Å². The Labute approximate surface area is 167 Å². The molecule has 0 bridgehead atoms. The van der Waals surface area contributed by atoms with Crippen LogP contribution in [0.2, 0.25) is 0 Å². The van der Waals surface area contributed by atoms with Gasteiger partial charge in [-0.25, -0.2) is 0 Å². The Morgan fingerprint density at radius 3 is 1.50 bits per heavy atom. The van der Waals surface area contributed by atoms with E-state index in [1.165, 1.54) is 0 Å². The van der Waals surface area contributed by atoms with E-state index >= 15 is 0 Å². The van der Waals surface area contributed by atoms with Crippen molar-refractivity contribution < 1.29 is 29.1 Å². The number of nitrogens with zero attached hydrogens (tertiary/aromatic N) is 4. The Hall–Kier alpha value is -1.93. The molecule has 1 aliphatic heterocycles. The van der Waals surface area contributed by atoms with Crippen LogP contribution in [0, 0.1) is 0 Å². The number of rotatable bonds is 2. The van der Waals surface area contributed by atoms with Gasteiger partial charge in [-0.15, -0.1) is 0 Å². The molecule has 10 nitrogen and oxygen atoms in total. The molecule has 1 fully saturated rings. The average Bonchev–Trinajstić information content (AvgIpc) is 2.56. The lowest BCUT2D eigenvalue weighted by atomic mass is 10.1. The Morgan fingerprint density at radius 2 is 1.11 bits per heavy atom. The first-order valence-corrected chi connectivity index (χ1v) is 9.06. The van der Waals surface area contributed by atoms with E-state index < -0.39 is 5.97 Å². The molecule has 162 valence electrons. The smallest absolute Gasteiger partial charge is 0.373 e. The minimum Gasteiger partial charge on any atom is -0.480 e. The van der Waals surface area contributed by atoms with Crippen LogP contribution in [0.5, 0.6) is 0 Å². The first-order chi connectivity index (χ1) is 13.0. The molecule has 1 heterocycles. The van der Waals surface area contributed by atoms with Crippen LogP contribution >= 0.6 is 0 Å². The quantitative estimate of drug-likeness (QED) is 0.628. The highest BCUT2D eigenvalue weighted by Crippen LogP contribution is 2.13. The first kappa shape index (κ1) is 28.3. The lowest BCUT2D eigenvalue weighted by Gasteiger charge is -2.39. The minimum absolute atomic E-state index is 0.108. The molecule has 0 unspecified atom stereocenters. The number of carboxylic acids is 1. The number of hydrogen-bond acceptors (Lipinski definition) is 9. The zero-order valence-electron chi connectivity index (χ0n) is 17.6. The van der Waals surface area contributed by atoms with Crippen molar-refractivity contribution in [3.05, 3.63) is 0 Å². The standard InChI is InChI=1S/C16H34N4O2.2CO2/c1-16(2,3)20-12-9-18(5)7-6-17(4)8-10-19(11-13-20)14-15(21)22;2*2-1-3/h6-14H2,1-5H3,(H,21,22);;. The number of aliphatic carboxylic acids is 1. The predicted molar refractivity (Wildman–Crippen MR) is 100 cm³/mol. The summed E-state index contributed by atoms with van der Waals surface area (Å²) in [5.41, 5.74) is 0.108. The summed E-state index contributed by atoms with van der Waals surface area (Å²) in [7, 11) is 4.29. The summed E-state index contributed by atoms with van der Waals surface area (Å²) in [5, 5.41) is 9.11. The summed E-state index contributed by atoms with van der Waals surface area (Å²) in [6.45, 7) is 14.4. The lowest BCUT2D eigenvalue weighted by molar-refractivity contribution is -0.193. The van der Waals surface area contributed by atoms with Gasteiger partial charge < -0.3 is 14.9 Å². The maximum Gasteiger partial charge on any atom is 0.373 e. The van der Waals surface area contributed by atoms with Gasteiger partial charge in [0.2, 0.25) is 0 Å². The van der Waals surface area contributed by atoms with Crippen LogP contribution in [0.1, 0.15) is 20.8 Å². The molecule has 1 rings (SSSR count). The third-order valence-corrected chi connectivity index (χ3v) is 4.41. The molecule has 1 aliphatic rings. The van der Waals surface area contributed by atoms with Gasteiger partial charge >= 0.3 is 18.3 Å². The normalized spacial score (nSPS) is 18.6. The maximum absolute atomic E-state index is 11.1. The summed E-state index contributed by atoms with van der Waals surface area (Å²) in [6, 6.07) is 0. The van der Waals surface area contributed by atoms with E-state index in [4.69, 9.17) is 24.3 Å². The SMILES string of the molecule is CN1CCN(C)CCN(C(C)(C)C)CCN(CC(=O)O)CC1.O=C=O.O=C=O. The van der Waals surface area contributed by atoms with Gasteiger partial charge in [0.25, 0.3) is 0 Å². The van der Waals surface area contributed by atoms with Gasteiger partial charge in [-0.1, -0.05) is 0 Å². The highest BCUT2D eigenvalue weighted by Gasteiger charge is 2.23. The molecule has 0 aromatic heterocycles. The average molecular weight is 402 g/mol. The molecule has 0 amide bonds. The Kier molecular flexibility index (Phi) is 16.2. The zero-order valence-corrected chi connectivity index (χ0v) is 17.6. The van der Waals surface area contributed by atoms with Crippen molar-refractivity contribution >= 4 is 18.3 Å². The van der Waals surface area contributed by atoms with Crippen LogP contribution in [0.3, 0.4) is 0 Å². The van der Waals surface area contributed by atoms with E-state index in [2.05, 4.69) is 54.5 Å². The minimum atomic E-state index is -0.739. The van der Waals surface area contributed by atoms with E-state index in [1.54, 1.807) is 0 Å². The molecule has 0 spiro atoms. The van der Waals surface area contributed by atoms with Crippen molar-refractivity contribution in [2.45, 2.75) is 26.3 Å². The first-order valence-electron chi connectivity index (χ1n) is 9.06. The Balaban J connectivity index is 0. The molecule has 28 heavy (non-hydrogen) atoms. The van der Waals surface area contributed by atoms with Gasteiger partial charge in [0.1, 0.15) is 0 Å². The molecule has 0 saturated carbocycles. The van der Waals surface area contributed by atoms with Gasteiger partial charge in [0, 0.05) is 57.9 Å². The van der Waals surface area contributed by atoms with Gasteiger partial charge in [-0.05, 0) is 34.9 Å². The second-order valence-electron chi connectivity index (χ2n) is 7.60. The van der Waals surface area contributed by atoms with Gasteiger partial charge in [0.05, 0.1) is 6.54 Å². The number of carboxylic acid groups (broad SMARTS) is 1. The molecule has 0 aromatic rings. The molecule has 0 aliphatic carbocycles. The monoisotopic (exact) mass is 402 g/mol. The largest absolute Gasteiger partial charge is 0.480 e. The molecule has 1 N–H and O–H groups in total. The van der Waals surface area contributed by atoms with E-state index in [0.717, 1.165) is 52.4 Å². The third-order valence-electron chi connectivity index (χ3n) is 4.41. The van der Waals surface area contributed by atoms with E-state index in [-0.39, 0.29) is 24.4 Å². The van der Waals surface area contributed by atoms with Crippen molar-refractivity contribution in [3.8, 4) is 0 Å². The summed E-state index contributed by atoms with van der Waals surface area (Å²) < 4.78 is 0. The number of carbonyl (C=O) groups is 1. The van der Waals surface area contributed by atoms with Gasteiger partial charge in [0.15, 0.2) is 0 Å². The van der Waals surface area contributed by atoms with Crippen LogP contribution in [0.4, 0.5) is 0 Å². The summed E-state index contributed by atoms with van der Waals surface area (Å²) >= 11 is 0. The number of hydrogen-bond donors (Lipinski definition) is 1. The third kappa shape index (κ3) is 16.3. The van der Waals surface area contributed by atoms with Crippen molar-refractivity contribution in [1.82, 2.24) is 19.6 Å². The molecule has 0 radical (unpaired) electrons. The highest BCUT2D eigenvalue weighted by molar-refractivity contribution is 5.69. The van der Waals surface area contributed by atoms with E-state index in [1.807, 2.05) is 0 Å². The van der Waals surface area contributed by atoms with Crippen LogP contribution in [0.25, 0.3) is 0 Å². The fourth-order valence-electron chi connectivity index (χ4n) is 2.67. The maximum atomic E-state index is 11.1. The van der Waals surface area contributed by atoms with E-state index in [0.29, 0.717) is 0 Å². The molecule has 0 aromatic carbocycles. The van der Waals surface area contributed by atoms with Crippen LogP contribution in [-0.2, 0) is 24.0 Å². The van der Waals surface area contributed by atoms with Crippen molar-refractivity contribution in [2.75, 3.05) is 73.0 Å². The fraction of sp³-hybridized carbons (Fsp3) is 0.833. The molecular formula is C18H34N4O6. The van der Waals surface area contributed by atoms with Gasteiger partial charge in [-0.3, -0.25) is 14.6 Å². The predicted octanol–water partition coefficient (Wildman–Crippen LogP) is -0.816. The Morgan fingerprint density at radius 1 is 0.786 bits per heavy atom. The van der Waals surface area contributed by atoms with Crippen molar-refractivity contribution in [3.63, 3.8) is 0 Å². The number of carbonyl (C=O) groups excluding carboxylic acids is 4. The molecular weight excluding hydrogens is 368 g/mol. The van der Waals surface area contributed by atoms with Crippen molar-refractivity contribution in [1.29, 1.82) is 0 Å². The second-order valence-corrected chi connectivity index (χ2v) is 7.60. The van der Waals surface area contributed by atoms with Crippen LogP contribution < -0.4 is 0 Å². The Bertz CT molecular complexity index is 485. The summed E-state index contributed by atoms with van der Waals surface area (Å²) in [4.78, 5) is 52.8.